The molecule has 3 rings (SSSR count). The third kappa shape index (κ3) is 4.09. The van der Waals surface area contributed by atoms with Crippen LogP contribution < -0.4 is 0 Å². The number of aryl methyl sites for hydroxylation is 1. The van der Waals surface area contributed by atoms with Gasteiger partial charge in [0, 0.05) is 25.0 Å². The van der Waals surface area contributed by atoms with Crippen LogP contribution in [0.4, 0.5) is 0 Å². The average Bonchev–Trinajstić information content (AvgIpc) is 2.98. The van der Waals surface area contributed by atoms with Crippen molar-refractivity contribution in [1.29, 1.82) is 0 Å². The predicted molar refractivity (Wildman–Crippen MR) is 89.2 cm³/mol. The van der Waals surface area contributed by atoms with Gasteiger partial charge in [0.15, 0.2) is 0 Å². The molecule has 1 aliphatic rings. The van der Waals surface area contributed by atoms with Gasteiger partial charge in [-0.3, -0.25) is 9.78 Å². The Hall–Kier alpha value is -2.36. The van der Waals surface area contributed by atoms with Crippen LogP contribution in [0, 0.1) is 12.8 Å². The molecular weight excluding hydrogens is 288 g/mol. The van der Waals surface area contributed by atoms with Crippen LogP contribution >= 0.6 is 0 Å². The molecule has 23 heavy (non-hydrogen) atoms. The maximum absolute atomic E-state index is 12.4. The zero-order valence-electron chi connectivity index (χ0n) is 13.4. The van der Waals surface area contributed by atoms with Crippen LogP contribution in [-0.2, 0) is 17.6 Å². The first-order chi connectivity index (χ1) is 11.1. The van der Waals surface area contributed by atoms with Gasteiger partial charge in [-0.25, -0.2) is 0 Å². The Kier molecular flexibility index (Phi) is 4.60. The fourth-order valence-corrected chi connectivity index (χ4v) is 3.15. The lowest BCUT2D eigenvalue weighted by Crippen LogP contribution is -2.30. The molecule has 4 heteroatoms. The standard InChI is InChI=1S/C19H22N2O2/c1-14-6-8-20-17(10-14)12-19(23)21-9-7-16(13-21)11-15-2-4-18(22)5-3-15/h2-6,8,10,16,22H,7,9,11-13H2,1H3. The van der Waals surface area contributed by atoms with Gasteiger partial charge in [0.25, 0.3) is 0 Å². The Bertz CT molecular complexity index is 682. The number of phenolic OH excluding ortho intramolecular Hbond substituents is 1. The molecule has 1 saturated heterocycles. The highest BCUT2D eigenvalue weighted by atomic mass is 16.3. The first-order valence-corrected chi connectivity index (χ1v) is 8.07. The molecule has 0 saturated carbocycles. The zero-order valence-corrected chi connectivity index (χ0v) is 13.4. The molecule has 2 heterocycles. The van der Waals surface area contributed by atoms with Gasteiger partial charge < -0.3 is 10.0 Å². The molecule has 1 unspecified atom stereocenters. The van der Waals surface area contributed by atoms with Crippen molar-refractivity contribution < 1.29 is 9.90 Å². The molecule has 120 valence electrons. The molecule has 0 spiro atoms. The number of hydrogen-bond acceptors (Lipinski definition) is 3. The number of carbonyl (C=O) groups is 1. The minimum absolute atomic E-state index is 0.163. The van der Waals surface area contributed by atoms with Crippen molar-refractivity contribution in [3.63, 3.8) is 0 Å². The van der Waals surface area contributed by atoms with Crippen LogP contribution in [0.5, 0.6) is 5.75 Å². The molecule has 1 fully saturated rings. The molecule has 4 nitrogen and oxygen atoms in total. The smallest absolute Gasteiger partial charge is 0.228 e. The molecule has 0 radical (unpaired) electrons. The second-order valence-corrected chi connectivity index (χ2v) is 6.37. The fraction of sp³-hybridized carbons (Fsp3) is 0.368. The van der Waals surface area contributed by atoms with Crippen LogP contribution in [0.25, 0.3) is 0 Å². The van der Waals surface area contributed by atoms with Crippen molar-refractivity contribution in [2.24, 2.45) is 5.92 Å². The summed E-state index contributed by atoms with van der Waals surface area (Å²) in [4.78, 5) is 18.6. The monoisotopic (exact) mass is 310 g/mol. The maximum atomic E-state index is 12.4. The van der Waals surface area contributed by atoms with E-state index >= 15 is 0 Å². The van der Waals surface area contributed by atoms with Crippen molar-refractivity contribution in [2.45, 2.75) is 26.2 Å². The van der Waals surface area contributed by atoms with Crippen LogP contribution in [0.2, 0.25) is 0 Å². The number of rotatable bonds is 4. The van der Waals surface area contributed by atoms with Crippen molar-refractivity contribution in [2.75, 3.05) is 13.1 Å². The minimum atomic E-state index is 0.163. The lowest BCUT2D eigenvalue weighted by Gasteiger charge is -2.16. The van der Waals surface area contributed by atoms with Gasteiger partial charge in [0.2, 0.25) is 5.91 Å². The molecular formula is C19H22N2O2. The van der Waals surface area contributed by atoms with Crippen molar-refractivity contribution >= 4 is 5.91 Å². The lowest BCUT2D eigenvalue weighted by molar-refractivity contribution is -0.129. The molecule has 1 aromatic carbocycles. The number of phenols is 1. The van der Waals surface area contributed by atoms with Crippen molar-refractivity contribution in [3.8, 4) is 5.75 Å². The van der Waals surface area contributed by atoms with Gasteiger partial charge in [-0.05, 0) is 61.1 Å². The van der Waals surface area contributed by atoms with E-state index in [0.717, 1.165) is 37.2 Å². The van der Waals surface area contributed by atoms with E-state index in [1.165, 1.54) is 5.56 Å². The first kappa shape index (κ1) is 15.5. The van der Waals surface area contributed by atoms with Gasteiger partial charge in [0.1, 0.15) is 5.75 Å². The van der Waals surface area contributed by atoms with Gasteiger partial charge in [-0.2, -0.15) is 0 Å². The molecule has 1 atom stereocenters. The lowest BCUT2D eigenvalue weighted by atomic mass is 9.99. The quantitative estimate of drug-likeness (QED) is 0.944. The number of aromatic nitrogens is 1. The van der Waals surface area contributed by atoms with E-state index in [4.69, 9.17) is 0 Å². The van der Waals surface area contributed by atoms with E-state index in [1.54, 1.807) is 18.3 Å². The fourth-order valence-electron chi connectivity index (χ4n) is 3.15. The third-order valence-electron chi connectivity index (χ3n) is 4.40. The van der Waals surface area contributed by atoms with Crippen LogP contribution in [0.3, 0.4) is 0 Å². The molecule has 0 aliphatic carbocycles. The molecule has 0 bridgehead atoms. The predicted octanol–water partition coefficient (Wildman–Crippen LogP) is 2.73. The molecule has 2 aromatic rings. The highest BCUT2D eigenvalue weighted by Gasteiger charge is 2.26. The number of hydrogen-bond donors (Lipinski definition) is 1. The van der Waals surface area contributed by atoms with Crippen LogP contribution in [0.15, 0.2) is 42.6 Å². The number of benzene rings is 1. The van der Waals surface area contributed by atoms with E-state index in [2.05, 4.69) is 4.98 Å². The van der Waals surface area contributed by atoms with Gasteiger partial charge >= 0.3 is 0 Å². The molecule has 1 aromatic heterocycles. The summed E-state index contributed by atoms with van der Waals surface area (Å²) >= 11 is 0. The third-order valence-corrected chi connectivity index (χ3v) is 4.40. The summed E-state index contributed by atoms with van der Waals surface area (Å²) in [6.07, 6.45) is 4.13. The van der Waals surface area contributed by atoms with Gasteiger partial charge in [0.05, 0.1) is 6.42 Å². The first-order valence-electron chi connectivity index (χ1n) is 8.07. The summed E-state index contributed by atoms with van der Waals surface area (Å²) in [7, 11) is 0. The van der Waals surface area contributed by atoms with Gasteiger partial charge in [-0.15, -0.1) is 0 Å². The normalized spacial score (nSPS) is 17.4. The molecule has 1 aliphatic heterocycles. The summed E-state index contributed by atoms with van der Waals surface area (Å²) in [5.41, 5.74) is 3.19. The summed E-state index contributed by atoms with van der Waals surface area (Å²) in [6.45, 7) is 3.65. The van der Waals surface area contributed by atoms with Crippen molar-refractivity contribution in [3.05, 3.63) is 59.4 Å². The summed E-state index contributed by atoms with van der Waals surface area (Å²) in [5, 5.41) is 9.33. The van der Waals surface area contributed by atoms with Crippen molar-refractivity contribution in [1.82, 2.24) is 9.88 Å². The summed E-state index contributed by atoms with van der Waals surface area (Å²) in [5.74, 6) is 0.952. The Labute approximate surface area is 136 Å². The topological polar surface area (TPSA) is 53.4 Å². The van der Waals surface area contributed by atoms with Crippen LogP contribution in [0.1, 0.15) is 23.2 Å². The number of likely N-dealkylation sites (tertiary alicyclic amines) is 1. The largest absolute Gasteiger partial charge is 0.508 e. The number of nitrogens with zero attached hydrogens (tertiary/aromatic N) is 2. The average molecular weight is 310 g/mol. The van der Waals surface area contributed by atoms with E-state index < -0.39 is 0 Å². The Morgan fingerprint density at radius 3 is 2.83 bits per heavy atom. The summed E-state index contributed by atoms with van der Waals surface area (Å²) < 4.78 is 0. The van der Waals surface area contributed by atoms with Gasteiger partial charge in [-0.1, -0.05) is 12.1 Å². The minimum Gasteiger partial charge on any atom is -0.508 e. The van der Waals surface area contributed by atoms with Crippen LogP contribution in [-0.4, -0.2) is 34.0 Å². The highest BCUT2D eigenvalue weighted by Crippen LogP contribution is 2.22. The SMILES string of the molecule is Cc1ccnc(CC(=O)N2CCC(Cc3ccc(O)cc3)C2)c1. The number of pyridine rings is 1. The Morgan fingerprint density at radius 1 is 1.30 bits per heavy atom. The Morgan fingerprint density at radius 2 is 2.09 bits per heavy atom. The maximum Gasteiger partial charge on any atom is 0.228 e. The Balaban J connectivity index is 1.54. The number of amides is 1. The second kappa shape index (κ2) is 6.82. The zero-order chi connectivity index (χ0) is 16.2. The van der Waals surface area contributed by atoms with E-state index in [0.29, 0.717) is 18.1 Å². The second-order valence-electron chi connectivity index (χ2n) is 6.37. The summed E-state index contributed by atoms with van der Waals surface area (Å²) in [6, 6.07) is 11.3. The van der Waals surface area contributed by atoms with E-state index in [9.17, 15) is 9.90 Å². The molecule has 1 N–H and O–H groups in total. The van der Waals surface area contributed by atoms with E-state index in [1.807, 2.05) is 36.1 Å². The number of carbonyl (C=O) groups excluding carboxylic acids is 1. The number of aromatic hydroxyl groups is 1. The van der Waals surface area contributed by atoms with E-state index in [-0.39, 0.29) is 5.91 Å². The molecule has 1 amide bonds. The highest BCUT2D eigenvalue weighted by molar-refractivity contribution is 5.78.